The fraction of sp³-hybridized carbons (Fsp3) is 0.357. The topological polar surface area (TPSA) is 23.5 Å². The number of aryl methyl sites for hydroxylation is 1. The second-order valence-corrected chi connectivity index (χ2v) is 9.18. The van der Waals surface area contributed by atoms with Crippen molar-refractivity contribution in [1.82, 2.24) is 0 Å². The van der Waals surface area contributed by atoms with Gasteiger partial charge in [0.05, 0.1) is 0 Å². The minimum absolute atomic E-state index is 0.326. The second-order valence-electron chi connectivity index (χ2n) is 9.18. The Morgan fingerprint density at radius 1 is 0.800 bits per heavy atom. The van der Waals surface area contributed by atoms with Crippen molar-refractivity contribution >= 4 is 5.69 Å². The van der Waals surface area contributed by atoms with E-state index in [1.807, 2.05) is 12.1 Å². The van der Waals surface area contributed by atoms with Gasteiger partial charge < -0.3 is 10.0 Å². The van der Waals surface area contributed by atoms with Crippen molar-refractivity contribution in [3.8, 4) is 5.75 Å². The number of benzene rings is 3. The van der Waals surface area contributed by atoms with Gasteiger partial charge in [0.15, 0.2) is 0 Å². The molecular weight excluding hydrogens is 366 g/mol. The zero-order chi connectivity index (χ0) is 20.5. The summed E-state index contributed by atoms with van der Waals surface area (Å²) in [6.45, 7) is 4.69. The fourth-order valence-electron chi connectivity index (χ4n) is 5.44. The molecule has 2 atom stereocenters. The largest absolute Gasteiger partial charge is 0.508 e. The Morgan fingerprint density at radius 2 is 1.53 bits per heavy atom. The van der Waals surface area contributed by atoms with E-state index in [0.717, 1.165) is 18.8 Å². The van der Waals surface area contributed by atoms with Gasteiger partial charge in [-0.05, 0) is 84.0 Å². The van der Waals surface area contributed by atoms with Crippen LogP contribution in [0, 0.1) is 5.92 Å². The standard InChI is InChI=1S/C28H31NO/c1-20-15-17-29(18-16-20)24-10-7-22(8-11-24)28-26(21-5-3-2-4-6-21)13-9-23-19-25(30)12-14-27(23)28/h2-8,10-12,14,19-20,26,28,30H,9,13,15-18H2,1H3/t26-,28?/m1/s1. The summed E-state index contributed by atoms with van der Waals surface area (Å²) in [5.74, 6) is 2.01. The van der Waals surface area contributed by atoms with Gasteiger partial charge >= 0.3 is 0 Å². The normalized spacial score (nSPS) is 22.0. The molecule has 1 saturated heterocycles. The predicted molar refractivity (Wildman–Crippen MR) is 125 cm³/mol. The first-order valence-corrected chi connectivity index (χ1v) is 11.4. The molecule has 3 aromatic carbocycles. The summed E-state index contributed by atoms with van der Waals surface area (Å²) in [5, 5.41) is 10.0. The summed E-state index contributed by atoms with van der Waals surface area (Å²) in [6, 6.07) is 26.2. The Bertz CT molecular complexity index is 987. The number of phenols is 1. The van der Waals surface area contributed by atoms with Crippen LogP contribution in [-0.4, -0.2) is 18.2 Å². The molecule has 3 aromatic rings. The van der Waals surface area contributed by atoms with E-state index >= 15 is 0 Å². The van der Waals surface area contributed by atoms with Crippen LogP contribution in [0.5, 0.6) is 5.75 Å². The molecule has 1 aliphatic heterocycles. The molecule has 0 aromatic heterocycles. The van der Waals surface area contributed by atoms with Gasteiger partial charge in [-0.3, -0.25) is 0 Å². The number of hydrogen-bond donors (Lipinski definition) is 1. The Kier molecular flexibility index (Phi) is 5.25. The summed E-state index contributed by atoms with van der Waals surface area (Å²) < 4.78 is 0. The number of phenolic OH excluding ortho intramolecular Hbond substituents is 1. The second kappa shape index (κ2) is 8.18. The number of aromatic hydroxyl groups is 1. The number of piperidine rings is 1. The van der Waals surface area contributed by atoms with Crippen molar-refractivity contribution in [2.24, 2.45) is 5.92 Å². The van der Waals surface area contributed by atoms with E-state index in [1.54, 1.807) is 0 Å². The molecule has 30 heavy (non-hydrogen) atoms. The minimum atomic E-state index is 0.326. The zero-order valence-corrected chi connectivity index (χ0v) is 17.8. The number of fused-ring (bicyclic) bond motifs is 1. The van der Waals surface area contributed by atoms with Crippen LogP contribution in [0.3, 0.4) is 0 Å². The third-order valence-electron chi connectivity index (χ3n) is 7.22. The van der Waals surface area contributed by atoms with Crippen molar-refractivity contribution in [2.45, 2.75) is 44.4 Å². The van der Waals surface area contributed by atoms with Crippen molar-refractivity contribution in [2.75, 3.05) is 18.0 Å². The van der Waals surface area contributed by atoms with Crippen molar-refractivity contribution in [3.05, 3.63) is 95.1 Å². The van der Waals surface area contributed by atoms with Gasteiger partial charge in [0.1, 0.15) is 5.75 Å². The van der Waals surface area contributed by atoms with Crippen molar-refractivity contribution in [1.29, 1.82) is 0 Å². The first-order chi connectivity index (χ1) is 14.7. The minimum Gasteiger partial charge on any atom is -0.508 e. The Balaban J connectivity index is 1.50. The average molecular weight is 398 g/mol. The molecule has 1 heterocycles. The van der Waals surface area contributed by atoms with E-state index in [0.29, 0.717) is 17.6 Å². The Morgan fingerprint density at radius 3 is 2.27 bits per heavy atom. The number of rotatable bonds is 3. The molecule has 5 rings (SSSR count). The summed E-state index contributed by atoms with van der Waals surface area (Å²) in [6.07, 6.45) is 4.70. The summed E-state index contributed by atoms with van der Waals surface area (Å²) >= 11 is 0. The lowest BCUT2D eigenvalue weighted by Crippen LogP contribution is -2.32. The maximum atomic E-state index is 10.0. The summed E-state index contributed by atoms with van der Waals surface area (Å²) in [7, 11) is 0. The molecule has 1 fully saturated rings. The predicted octanol–water partition coefficient (Wildman–Crippen LogP) is 6.49. The smallest absolute Gasteiger partial charge is 0.115 e. The van der Waals surface area contributed by atoms with Gasteiger partial charge in [0.2, 0.25) is 0 Å². The van der Waals surface area contributed by atoms with Gasteiger partial charge in [0, 0.05) is 24.7 Å². The van der Waals surface area contributed by atoms with Crippen LogP contribution in [-0.2, 0) is 6.42 Å². The van der Waals surface area contributed by atoms with E-state index in [2.05, 4.69) is 72.5 Å². The maximum Gasteiger partial charge on any atom is 0.115 e. The van der Waals surface area contributed by atoms with Gasteiger partial charge in [-0.1, -0.05) is 55.5 Å². The molecule has 2 heteroatoms. The van der Waals surface area contributed by atoms with Crippen LogP contribution in [0.1, 0.15) is 60.3 Å². The third-order valence-corrected chi connectivity index (χ3v) is 7.22. The van der Waals surface area contributed by atoms with E-state index in [-0.39, 0.29) is 0 Å². The lowest BCUT2D eigenvalue weighted by molar-refractivity contribution is 0.438. The number of nitrogens with zero attached hydrogens (tertiary/aromatic N) is 1. The molecular formula is C28H31NO. The van der Waals surface area contributed by atoms with Crippen LogP contribution >= 0.6 is 0 Å². The van der Waals surface area contributed by atoms with Gasteiger partial charge in [0.25, 0.3) is 0 Å². The quantitative estimate of drug-likeness (QED) is 0.546. The van der Waals surface area contributed by atoms with Crippen LogP contribution in [0.25, 0.3) is 0 Å². The molecule has 0 saturated carbocycles. The molecule has 0 radical (unpaired) electrons. The van der Waals surface area contributed by atoms with Crippen molar-refractivity contribution < 1.29 is 5.11 Å². The highest BCUT2D eigenvalue weighted by Crippen LogP contribution is 2.47. The van der Waals surface area contributed by atoms with Crippen LogP contribution in [0.15, 0.2) is 72.8 Å². The third kappa shape index (κ3) is 3.71. The molecule has 1 unspecified atom stereocenters. The molecule has 0 amide bonds. The van der Waals surface area contributed by atoms with Crippen LogP contribution in [0.4, 0.5) is 5.69 Å². The van der Waals surface area contributed by atoms with Gasteiger partial charge in [-0.15, -0.1) is 0 Å². The van der Waals surface area contributed by atoms with E-state index in [4.69, 9.17) is 0 Å². The molecule has 0 spiro atoms. The highest BCUT2D eigenvalue weighted by molar-refractivity contribution is 5.52. The number of hydrogen-bond acceptors (Lipinski definition) is 2. The van der Waals surface area contributed by atoms with E-state index in [1.165, 1.54) is 53.9 Å². The first-order valence-electron chi connectivity index (χ1n) is 11.4. The molecule has 1 N–H and O–H groups in total. The molecule has 1 aliphatic carbocycles. The molecule has 2 nitrogen and oxygen atoms in total. The van der Waals surface area contributed by atoms with Crippen molar-refractivity contribution in [3.63, 3.8) is 0 Å². The zero-order valence-electron chi connectivity index (χ0n) is 17.8. The number of anilines is 1. The lowest BCUT2D eigenvalue weighted by Gasteiger charge is -2.35. The first kappa shape index (κ1) is 19.2. The van der Waals surface area contributed by atoms with Crippen LogP contribution < -0.4 is 4.90 Å². The fourth-order valence-corrected chi connectivity index (χ4v) is 5.44. The summed E-state index contributed by atoms with van der Waals surface area (Å²) in [5.41, 5.74) is 6.80. The Hall–Kier alpha value is -2.74. The van der Waals surface area contributed by atoms with Gasteiger partial charge in [-0.2, -0.15) is 0 Å². The van der Waals surface area contributed by atoms with Gasteiger partial charge in [-0.25, -0.2) is 0 Å². The monoisotopic (exact) mass is 397 g/mol. The lowest BCUT2D eigenvalue weighted by atomic mass is 9.69. The highest BCUT2D eigenvalue weighted by Gasteiger charge is 2.32. The van der Waals surface area contributed by atoms with E-state index < -0.39 is 0 Å². The SMILES string of the molecule is CC1CCN(c2ccc(C3c4ccc(O)cc4CC[C@@H]3c3ccccc3)cc2)CC1. The maximum absolute atomic E-state index is 10.0. The Labute approximate surface area is 180 Å². The summed E-state index contributed by atoms with van der Waals surface area (Å²) in [4.78, 5) is 2.53. The average Bonchev–Trinajstić information content (AvgIpc) is 2.79. The molecule has 2 aliphatic rings. The highest BCUT2D eigenvalue weighted by atomic mass is 16.3. The molecule has 154 valence electrons. The molecule has 0 bridgehead atoms. The van der Waals surface area contributed by atoms with Crippen LogP contribution in [0.2, 0.25) is 0 Å². The van der Waals surface area contributed by atoms with E-state index in [9.17, 15) is 5.11 Å².